The van der Waals surface area contributed by atoms with Crippen LogP contribution in [0.4, 0.5) is 5.82 Å². The molecule has 2 heterocycles. The molecule has 0 bridgehead atoms. The zero-order chi connectivity index (χ0) is 13.4. The van der Waals surface area contributed by atoms with E-state index >= 15 is 0 Å². The number of thiophene rings is 1. The van der Waals surface area contributed by atoms with E-state index in [0.717, 1.165) is 22.4 Å². The molecule has 0 aliphatic rings. The minimum absolute atomic E-state index is 0.546. The second-order valence-electron chi connectivity index (χ2n) is 4.67. The first-order valence-electron chi connectivity index (χ1n) is 6.11. The quantitative estimate of drug-likeness (QED) is 0.738. The van der Waals surface area contributed by atoms with Gasteiger partial charge in [-0.25, -0.2) is 0 Å². The van der Waals surface area contributed by atoms with Crippen LogP contribution in [0.25, 0.3) is 22.4 Å². The molecular formula is C15H15N3S. The Bertz CT molecular complexity index is 711. The molecule has 3 rings (SSSR count). The number of aryl methyl sites for hydroxylation is 2. The molecule has 0 atom stereocenters. The summed E-state index contributed by atoms with van der Waals surface area (Å²) in [6.07, 6.45) is 0. The lowest BCUT2D eigenvalue weighted by molar-refractivity contribution is 1.10. The molecule has 0 unspecified atom stereocenters. The van der Waals surface area contributed by atoms with Gasteiger partial charge in [0.1, 0.15) is 0 Å². The number of nitrogens with one attached hydrogen (secondary N) is 1. The predicted octanol–water partition coefficient (Wildman–Crippen LogP) is 4.00. The third kappa shape index (κ3) is 2.04. The topological polar surface area (TPSA) is 54.7 Å². The van der Waals surface area contributed by atoms with Crippen LogP contribution < -0.4 is 5.73 Å². The van der Waals surface area contributed by atoms with Gasteiger partial charge in [-0.2, -0.15) is 16.4 Å². The van der Waals surface area contributed by atoms with Crippen LogP contribution in [0, 0.1) is 13.8 Å². The van der Waals surface area contributed by atoms with Gasteiger partial charge in [-0.05, 0) is 42.0 Å². The van der Waals surface area contributed by atoms with Crippen LogP contribution in [0.1, 0.15) is 11.1 Å². The van der Waals surface area contributed by atoms with Crippen LogP contribution in [0.2, 0.25) is 0 Å². The monoisotopic (exact) mass is 269 g/mol. The number of hydrogen-bond donors (Lipinski definition) is 2. The SMILES string of the molecule is Cc1ccc(-c2c(N)n[nH]c2-c2ccsc2)cc1C. The standard InChI is InChI=1S/C15H15N3S/c1-9-3-4-11(7-10(9)2)13-14(17-18-15(13)16)12-5-6-19-8-12/h3-8H,1-2H3,(H3,16,17,18). The molecule has 3 nitrogen and oxygen atoms in total. The first kappa shape index (κ1) is 12.0. The van der Waals surface area contributed by atoms with Gasteiger partial charge in [0, 0.05) is 10.9 Å². The van der Waals surface area contributed by atoms with Crippen molar-refractivity contribution in [1.82, 2.24) is 10.2 Å². The number of hydrogen-bond acceptors (Lipinski definition) is 3. The predicted molar refractivity (Wildman–Crippen MR) is 81.2 cm³/mol. The van der Waals surface area contributed by atoms with Gasteiger partial charge in [0.25, 0.3) is 0 Å². The molecule has 0 saturated carbocycles. The summed E-state index contributed by atoms with van der Waals surface area (Å²) >= 11 is 1.66. The molecular weight excluding hydrogens is 254 g/mol. The van der Waals surface area contributed by atoms with Crippen molar-refractivity contribution in [3.05, 3.63) is 46.2 Å². The molecule has 96 valence electrons. The number of benzene rings is 1. The van der Waals surface area contributed by atoms with Gasteiger partial charge in [-0.15, -0.1) is 0 Å². The van der Waals surface area contributed by atoms with Gasteiger partial charge in [0.05, 0.1) is 11.3 Å². The summed E-state index contributed by atoms with van der Waals surface area (Å²) in [5.74, 6) is 0.546. The van der Waals surface area contributed by atoms with Crippen molar-refractivity contribution < 1.29 is 0 Å². The first-order chi connectivity index (χ1) is 9.16. The fraction of sp³-hybridized carbons (Fsp3) is 0.133. The van der Waals surface area contributed by atoms with E-state index in [0.29, 0.717) is 5.82 Å². The maximum Gasteiger partial charge on any atom is 0.153 e. The fourth-order valence-electron chi connectivity index (χ4n) is 2.16. The van der Waals surface area contributed by atoms with Gasteiger partial charge < -0.3 is 5.73 Å². The van der Waals surface area contributed by atoms with Crippen molar-refractivity contribution in [2.45, 2.75) is 13.8 Å². The molecule has 0 saturated heterocycles. The lowest BCUT2D eigenvalue weighted by Crippen LogP contribution is -1.90. The van der Waals surface area contributed by atoms with Crippen molar-refractivity contribution in [2.75, 3.05) is 5.73 Å². The Morgan fingerprint density at radius 3 is 2.63 bits per heavy atom. The molecule has 3 N–H and O–H groups in total. The highest BCUT2D eigenvalue weighted by atomic mass is 32.1. The Kier molecular flexibility index (Phi) is 2.87. The van der Waals surface area contributed by atoms with Crippen molar-refractivity contribution in [3.8, 4) is 22.4 Å². The Labute approximate surface area is 116 Å². The zero-order valence-corrected chi connectivity index (χ0v) is 11.7. The highest BCUT2D eigenvalue weighted by Gasteiger charge is 2.15. The Hall–Kier alpha value is -2.07. The molecule has 0 amide bonds. The molecule has 0 aliphatic heterocycles. The van der Waals surface area contributed by atoms with Crippen LogP contribution in [0.15, 0.2) is 35.0 Å². The smallest absolute Gasteiger partial charge is 0.153 e. The van der Waals surface area contributed by atoms with Crippen LogP contribution in [0.3, 0.4) is 0 Å². The summed E-state index contributed by atoms with van der Waals surface area (Å²) in [7, 11) is 0. The number of H-pyrrole nitrogens is 1. The maximum atomic E-state index is 6.03. The lowest BCUT2D eigenvalue weighted by Gasteiger charge is -2.06. The Morgan fingerprint density at radius 1 is 1.11 bits per heavy atom. The minimum atomic E-state index is 0.546. The summed E-state index contributed by atoms with van der Waals surface area (Å²) < 4.78 is 0. The van der Waals surface area contributed by atoms with Gasteiger partial charge in [0.15, 0.2) is 5.82 Å². The molecule has 19 heavy (non-hydrogen) atoms. The third-order valence-corrected chi connectivity index (χ3v) is 4.08. The highest BCUT2D eigenvalue weighted by molar-refractivity contribution is 7.08. The van der Waals surface area contributed by atoms with E-state index in [1.807, 2.05) is 0 Å². The van der Waals surface area contributed by atoms with E-state index in [2.05, 4.69) is 59.1 Å². The van der Waals surface area contributed by atoms with E-state index in [9.17, 15) is 0 Å². The normalized spacial score (nSPS) is 10.8. The Morgan fingerprint density at radius 2 is 1.95 bits per heavy atom. The van der Waals surface area contributed by atoms with E-state index in [1.165, 1.54) is 11.1 Å². The first-order valence-corrected chi connectivity index (χ1v) is 7.05. The highest BCUT2D eigenvalue weighted by Crippen LogP contribution is 2.36. The summed E-state index contributed by atoms with van der Waals surface area (Å²) in [4.78, 5) is 0. The molecule has 0 fully saturated rings. The van der Waals surface area contributed by atoms with E-state index in [-0.39, 0.29) is 0 Å². The molecule has 3 aromatic rings. The summed E-state index contributed by atoms with van der Waals surface area (Å²) in [6.45, 7) is 4.22. The van der Waals surface area contributed by atoms with Crippen molar-refractivity contribution >= 4 is 17.2 Å². The number of nitrogens with two attached hydrogens (primary N) is 1. The van der Waals surface area contributed by atoms with Gasteiger partial charge in [-0.3, -0.25) is 5.10 Å². The summed E-state index contributed by atoms with van der Waals surface area (Å²) in [5.41, 5.74) is 12.8. The second-order valence-corrected chi connectivity index (χ2v) is 5.45. The molecule has 2 aromatic heterocycles. The molecule has 0 aliphatic carbocycles. The van der Waals surface area contributed by atoms with E-state index in [4.69, 9.17) is 5.73 Å². The maximum absolute atomic E-state index is 6.03. The number of aromatic nitrogens is 2. The minimum Gasteiger partial charge on any atom is -0.382 e. The van der Waals surface area contributed by atoms with E-state index in [1.54, 1.807) is 11.3 Å². The largest absolute Gasteiger partial charge is 0.382 e. The van der Waals surface area contributed by atoms with Gasteiger partial charge in [0.2, 0.25) is 0 Å². The summed E-state index contributed by atoms with van der Waals surface area (Å²) in [5, 5.41) is 11.3. The van der Waals surface area contributed by atoms with Gasteiger partial charge >= 0.3 is 0 Å². The lowest BCUT2D eigenvalue weighted by atomic mass is 9.98. The number of nitrogens with zero attached hydrogens (tertiary/aromatic N) is 1. The molecule has 0 radical (unpaired) electrons. The van der Waals surface area contributed by atoms with Crippen molar-refractivity contribution in [3.63, 3.8) is 0 Å². The van der Waals surface area contributed by atoms with Gasteiger partial charge in [-0.1, -0.05) is 18.2 Å². The third-order valence-electron chi connectivity index (χ3n) is 3.40. The number of aromatic amines is 1. The fourth-order valence-corrected chi connectivity index (χ4v) is 2.81. The van der Waals surface area contributed by atoms with Crippen LogP contribution in [-0.2, 0) is 0 Å². The Balaban J connectivity index is 2.19. The van der Waals surface area contributed by atoms with Crippen molar-refractivity contribution in [1.29, 1.82) is 0 Å². The van der Waals surface area contributed by atoms with Crippen LogP contribution in [-0.4, -0.2) is 10.2 Å². The average molecular weight is 269 g/mol. The van der Waals surface area contributed by atoms with E-state index < -0.39 is 0 Å². The number of nitrogen functional groups attached to an aromatic ring is 1. The number of anilines is 1. The molecule has 4 heteroatoms. The van der Waals surface area contributed by atoms with Crippen LogP contribution >= 0.6 is 11.3 Å². The molecule has 1 aromatic carbocycles. The molecule has 0 spiro atoms. The zero-order valence-electron chi connectivity index (χ0n) is 10.9. The second kappa shape index (κ2) is 4.55. The average Bonchev–Trinajstić information content (AvgIpc) is 3.01. The van der Waals surface area contributed by atoms with Crippen molar-refractivity contribution in [2.24, 2.45) is 0 Å². The van der Waals surface area contributed by atoms with Crippen LogP contribution in [0.5, 0.6) is 0 Å². The number of rotatable bonds is 2. The summed E-state index contributed by atoms with van der Waals surface area (Å²) in [6, 6.07) is 8.45.